The highest BCUT2D eigenvalue weighted by Crippen LogP contribution is 1.95. The van der Waals surface area contributed by atoms with Crippen molar-refractivity contribution in [3.8, 4) is 0 Å². The largest absolute Gasteiger partial charge is 0.748 e. The normalized spacial score (nSPS) is 10.8. The van der Waals surface area contributed by atoms with E-state index in [-0.39, 0.29) is 5.92 Å². The zero-order valence-electron chi connectivity index (χ0n) is 13.0. The molecule has 0 N–H and O–H groups in total. The summed E-state index contributed by atoms with van der Waals surface area (Å²) in [5, 5.41) is 19.4. The molecule has 21 heavy (non-hydrogen) atoms. The quantitative estimate of drug-likeness (QED) is 0.683. The van der Waals surface area contributed by atoms with E-state index in [0.717, 1.165) is 0 Å². The van der Waals surface area contributed by atoms with Gasteiger partial charge in [0.25, 0.3) is 0 Å². The number of carboxylic acids is 1. The van der Waals surface area contributed by atoms with Crippen molar-refractivity contribution in [3.05, 3.63) is 6.33 Å². The van der Waals surface area contributed by atoms with Crippen LogP contribution in [-0.4, -0.2) is 44.4 Å². The van der Waals surface area contributed by atoms with Gasteiger partial charge in [0, 0.05) is 17.3 Å². The van der Waals surface area contributed by atoms with Gasteiger partial charge < -0.3 is 14.5 Å². The molecule has 0 spiro atoms. The molecule has 0 aliphatic carbocycles. The van der Waals surface area contributed by atoms with Gasteiger partial charge in [-0.05, 0) is 44.0 Å². The molecule has 0 aliphatic heterocycles. The monoisotopic (exact) mass is 322 g/mol. The van der Waals surface area contributed by atoms with Crippen molar-refractivity contribution in [2.75, 3.05) is 0 Å². The number of hydrogen-bond acceptors (Lipinski definition) is 8. The van der Waals surface area contributed by atoms with Crippen LogP contribution in [0.2, 0.25) is 0 Å². The Morgan fingerprint density at radius 1 is 1.14 bits per heavy atom. The summed E-state index contributed by atoms with van der Waals surface area (Å²) in [5.74, 6) is -1.33. The minimum atomic E-state index is -3.99. The van der Waals surface area contributed by atoms with E-state index in [1.54, 1.807) is 24.9 Å². The summed E-state index contributed by atoms with van der Waals surface area (Å²) < 4.78 is 31.0. The molecule has 0 aliphatic rings. The van der Waals surface area contributed by atoms with Gasteiger partial charge in [-0.3, -0.25) is 0 Å². The third kappa shape index (κ3) is 13.2. The number of tetrazole rings is 1. The second-order valence-corrected chi connectivity index (χ2v) is 6.83. The van der Waals surface area contributed by atoms with E-state index in [0.29, 0.717) is 6.04 Å². The van der Waals surface area contributed by atoms with Gasteiger partial charge in [0.1, 0.15) is 6.33 Å². The number of aliphatic carboxylic acids is 1. The van der Waals surface area contributed by atoms with Crippen molar-refractivity contribution in [1.29, 1.82) is 0 Å². The summed E-state index contributed by atoms with van der Waals surface area (Å²) in [6, 6.07) is 0.366. The van der Waals surface area contributed by atoms with Gasteiger partial charge in [0.05, 0.1) is 10.1 Å². The van der Waals surface area contributed by atoms with Crippen LogP contribution < -0.4 is 5.11 Å². The van der Waals surface area contributed by atoms with Crippen LogP contribution in [0.3, 0.4) is 0 Å². The Labute approximate surface area is 125 Å². The number of rotatable bonds is 3. The molecule has 0 unspecified atom stereocenters. The Kier molecular flexibility index (Phi) is 10.6. The molecular formula is C11H22N4O5S-2. The number of hydrogen-bond donors (Lipinski definition) is 0. The van der Waals surface area contributed by atoms with Crippen molar-refractivity contribution < 1.29 is 22.9 Å². The maximum absolute atomic E-state index is 9.78. The Hall–Kier alpha value is -1.55. The SMILES string of the molecule is CC(C)C(=O)[O-].CC(C)S(=O)(=O)[O-].CC(C)n1cnnn1. The van der Waals surface area contributed by atoms with E-state index in [1.165, 1.54) is 13.8 Å². The van der Waals surface area contributed by atoms with E-state index in [2.05, 4.69) is 15.5 Å². The Morgan fingerprint density at radius 2 is 1.52 bits per heavy atom. The topological polar surface area (TPSA) is 141 Å². The van der Waals surface area contributed by atoms with Crippen LogP contribution in [0.1, 0.15) is 47.6 Å². The van der Waals surface area contributed by atoms with Gasteiger partial charge in [-0.25, -0.2) is 13.1 Å². The number of carbonyl (C=O) groups is 1. The first-order valence-corrected chi connectivity index (χ1v) is 7.74. The third-order valence-electron chi connectivity index (χ3n) is 1.94. The minimum absolute atomic E-state index is 0.343. The van der Waals surface area contributed by atoms with Crippen LogP contribution in [0.25, 0.3) is 0 Å². The summed E-state index contributed by atoms with van der Waals surface area (Å²) in [6.45, 7) is 9.90. The van der Waals surface area contributed by atoms with E-state index < -0.39 is 21.3 Å². The summed E-state index contributed by atoms with van der Waals surface area (Å²) in [4.78, 5) is 9.59. The lowest BCUT2D eigenvalue weighted by molar-refractivity contribution is -0.310. The molecule has 0 radical (unpaired) electrons. The molecule has 1 heterocycles. The molecule has 0 fully saturated rings. The smallest absolute Gasteiger partial charge is 0.138 e. The molecule has 10 heteroatoms. The van der Waals surface area contributed by atoms with Gasteiger partial charge in [-0.1, -0.05) is 13.8 Å². The van der Waals surface area contributed by atoms with Crippen LogP contribution in [0.5, 0.6) is 0 Å². The van der Waals surface area contributed by atoms with Gasteiger partial charge in [-0.15, -0.1) is 5.10 Å². The van der Waals surface area contributed by atoms with E-state index >= 15 is 0 Å². The van der Waals surface area contributed by atoms with E-state index in [9.17, 15) is 22.9 Å². The summed E-state index contributed by atoms with van der Waals surface area (Å²) in [7, 11) is -3.99. The molecule has 1 aromatic rings. The minimum Gasteiger partial charge on any atom is -0.748 e. The molecule has 1 rings (SSSR count). The van der Waals surface area contributed by atoms with Crippen LogP contribution in [-0.2, 0) is 14.9 Å². The zero-order chi connectivity index (χ0) is 17.2. The molecule has 0 atom stereocenters. The van der Waals surface area contributed by atoms with Crippen LogP contribution in [0.4, 0.5) is 0 Å². The number of carboxylic acid groups (broad SMARTS) is 1. The fourth-order valence-electron chi connectivity index (χ4n) is 0.405. The highest BCUT2D eigenvalue weighted by Gasteiger charge is 1.98. The zero-order valence-corrected chi connectivity index (χ0v) is 13.9. The molecule has 0 bridgehead atoms. The molecule has 0 aromatic carbocycles. The molecular weight excluding hydrogens is 300 g/mol. The first-order valence-electron chi connectivity index (χ1n) is 6.27. The average Bonchev–Trinajstić information content (AvgIpc) is 2.82. The lowest BCUT2D eigenvalue weighted by atomic mass is 10.2. The van der Waals surface area contributed by atoms with E-state index in [4.69, 9.17) is 0 Å². The van der Waals surface area contributed by atoms with Gasteiger partial charge in [-0.2, -0.15) is 0 Å². The second kappa shape index (κ2) is 10.2. The Morgan fingerprint density at radius 3 is 1.62 bits per heavy atom. The van der Waals surface area contributed by atoms with Crippen LogP contribution in [0.15, 0.2) is 6.33 Å². The molecule has 0 amide bonds. The number of aromatic nitrogens is 4. The predicted molar refractivity (Wildman–Crippen MR) is 72.9 cm³/mol. The molecule has 0 saturated heterocycles. The first-order chi connectivity index (χ1) is 9.39. The maximum Gasteiger partial charge on any atom is 0.138 e. The lowest BCUT2D eigenvalue weighted by Gasteiger charge is -2.08. The molecule has 124 valence electrons. The summed E-state index contributed by atoms with van der Waals surface area (Å²) in [6.07, 6.45) is 1.60. The number of nitrogens with zero attached hydrogens (tertiary/aromatic N) is 4. The van der Waals surface area contributed by atoms with Crippen LogP contribution in [0, 0.1) is 5.92 Å². The fraction of sp³-hybridized carbons (Fsp3) is 0.818. The Bertz CT molecular complexity index is 483. The summed E-state index contributed by atoms with van der Waals surface area (Å²) >= 11 is 0. The average molecular weight is 322 g/mol. The van der Waals surface area contributed by atoms with Crippen molar-refractivity contribution in [3.63, 3.8) is 0 Å². The third-order valence-corrected chi connectivity index (χ3v) is 3.10. The highest BCUT2D eigenvalue weighted by atomic mass is 32.2. The van der Waals surface area contributed by atoms with Crippen molar-refractivity contribution in [2.45, 2.75) is 52.8 Å². The first kappa shape index (κ1) is 21.7. The van der Waals surface area contributed by atoms with Gasteiger partial charge in [0.15, 0.2) is 0 Å². The van der Waals surface area contributed by atoms with Crippen LogP contribution >= 0.6 is 0 Å². The van der Waals surface area contributed by atoms with Gasteiger partial charge >= 0.3 is 0 Å². The second-order valence-electron chi connectivity index (χ2n) is 4.90. The fourth-order valence-corrected chi connectivity index (χ4v) is 0.405. The Balaban J connectivity index is 0. The van der Waals surface area contributed by atoms with Gasteiger partial charge in [0.2, 0.25) is 0 Å². The predicted octanol–water partition coefficient (Wildman–Crippen LogP) is -0.414. The standard InChI is InChI=1S/C4H8N4.C4H8O2.C3H8O3S/c1-4(2)8-3-5-6-7-8;1-3(2)4(5)6;1-3(2)7(4,5)6/h3-4H,1-2H3;3H,1-2H3,(H,5,6);3H,1-2H3,(H,4,5,6)/p-2. The number of carbonyl (C=O) groups excluding carboxylic acids is 1. The highest BCUT2D eigenvalue weighted by molar-refractivity contribution is 7.86. The molecule has 9 nitrogen and oxygen atoms in total. The van der Waals surface area contributed by atoms with Crippen molar-refractivity contribution in [1.82, 2.24) is 20.2 Å². The molecule has 0 saturated carbocycles. The van der Waals surface area contributed by atoms with Crippen molar-refractivity contribution >= 4 is 16.1 Å². The van der Waals surface area contributed by atoms with Crippen molar-refractivity contribution in [2.24, 2.45) is 5.92 Å². The summed E-state index contributed by atoms with van der Waals surface area (Å²) in [5.41, 5.74) is 0. The van der Waals surface area contributed by atoms with E-state index in [1.807, 2.05) is 13.8 Å². The molecule has 1 aromatic heterocycles. The maximum atomic E-state index is 9.78. The lowest BCUT2D eigenvalue weighted by Crippen LogP contribution is -2.27.